The molecule has 0 amide bonds. The number of hydrogen-bond donors (Lipinski definition) is 0. The summed E-state index contributed by atoms with van der Waals surface area (Å²) >= 11 is 0. The van der Waals surface area contributed by atoms with Crippen molar-refractivity contribution in [3.63, 3.8) is 0 Å². The van der Waals surface area contributed by atoms with Gasteiger partial charge in [-0.05, 0) is 43.8 Å². The number of rotatable bonds is 4. The van der Waals surface area contributed by atoms with E-state index in [9.17, 15) is 4.39 Å². The zero-order valence-corrected chi connectivity index (χ0v) is 15.0. The highest BCUT2D eigenvalue weighted by Crippen LogP contribution is 2.39. The van der Waals surface area contributed by atoms with Gasteiger partial charge < -0.3 is 4.57 Å². The maximum absolute atomic E-state index is 14.0. The molecule has 2 aliphatic rings. The van der Waals surface area contributed by atoms with Crippen molar-refractivity contribution >= 4 is 0 Å². The van der Waals surface area contributed by atoms with Gasteiger partial charge in [0.1, 0.15) is 11.6 Å². The molecule has 1 spiro atoms. The number of halogens is 1. The maximum atomic E-state index is 14.0. The number of nitrogens with zero attached hydrogens (tertiary/aromatic N) is 4. The third kappa shape index (κ3) is 3.62. The molecule has 0 saturated carbocycles. The topological polar surface area (TPSA) is 24.3 Å². The molecule has 1 aromatic carbocycles. The molecule has 0 aliphatic carbocycles. The van der Waals surface area contributed by atoms with Crippen LogP contribution in [0.1, 0.15) is 30.7 Å². The summed E-state index contributed by atoms with van der Waals surface area (Å²) in [6.45, 7) is 6.09. The van der Waals surface area contributed by atoms with Crippen molar-refractivity contribution in [1.82, 2.24) is 19.4 Å². The Morgan fingerprint density at radius 1 is 1.08 bits per heavy atom. The van der Waals surface area contributed by atoms with E-state index in [1.165, 1.54) is 19.3 Å². The molecule has 2 aromatic rings. The van der Waals surface area contributed by atoms with Gasteiger partial charge in [-0.15, -0.1) is 0 Å². The Bertz CT molecular complexity index is 728. The van der Waals surface area contributed by atoms with Crippen LogP contribution in [0.3, 0.4) is 0 Å². The molecule has 2 fully saturated rings. The summed E-state index contributed by atoms with van der Waals surface area (Å²) in [5.74, 6) is 1.06. The Balaban J connectivity index is 1.39. The van der Waals surface area contributed by atoms with Crippen LogP contribution in [-0.4, -0.2) is 45.5 Å². The summed E-state index contributed by atoms with van der Waals surface area (Å²) in [5, 5.41) is 0. The lowest BCUT2D eigenvalue weighted by atomic mass is 9.79. The normalized spacial score (nSPS) is 25.0. The molecule has 0 N–H and O–H groups in total. The summed E-state index contributed by atoms with van der Waals surface area (Å²) in [6, 6.07) is 7.18. The van der Waals surface area contributed by atoms with Gasteiger partial charge in [-0.1, -0.05) is 18.2 Å². The van der Waals surface area contributed by atoms with Gasteiger partial charge >= 0.3 is 0 Å². The SMILES string of the molecule is Cn1ccnc1CN1CCC2(CCCN(Cc3ccccc3F)C2)C1. The molecule has 4 nitrogen and oxygen atoms in total. The lowest BCUT2D eigenvalue weighted by Gasteiger charge is -2.40. The summed E-state index contributed by atoms with van der Waals surface area (Å²) in [5.41, 5.74) is 1.19. The number of hydrogen-bond acceptors (Lipinski definition) is 3. The van der Waals surface area contributed by atoms with E-state index in [-0.39, 0.29) is 5.82 Å². The minimum absolute atomic E-state index is 0.0787. The van der Waals surface area contributed by atoms with E-state index in [4.69, 9.17) is 0 Å². The fourth-order valence-corrected chi connectivity index (χ4v) is 4.56. The van der Waals surface area contributed by atoms with E-state index < -0.39 is 0 Å². The van der Waals surface area contributed by atoms with Gasteiger partial charge in [0.2, 0.25) is 0 Å². The lowest BCUT2D eigenvalue weighted by Crippen LogP contribution is -2.44. The van der Waals surface area contributed by atoms with Crippen molar-refractivity contribution in [2.24, 2.45) is 12.5 Å². The minimum Gasteiger partial charge on any atom is -0.337 e. The molecule has 3 heterocycles. The molecule has 0 radical (unpaired) electrons. The van der Waals surface area contributed by atoms with E-state index in [0.29, 0.717) is 5.41 Å². The summed E-state index contributed by atoms with van der Waals surface area (Å²) in [7, 11) is 2.06. The van der Waals surface area contributed by atoms with Gasteiger partial charge in [0.25, 0.3) is 0 Å². The fraction of sp³-hybridized carbons (Fsp3) is 0.550. The summed E-state index contributed by atoms with van der Waals surface area (Å²) < 4.78 is 16.1. The van der Waals surface area contributed by atoms with Gasteiger partial charge in [0.05, 0.1) is 6.54 Å². The average molecular weight is 342 g/mol. The number of piperidine rings is 1. The Morgan fingerprint density at radius 2 is 1.88 bits per heavy atom. The first-order valence-electron chi connectivity index (χ1n) is 9.28. The highest BCUT2D eigenvalue weighted by molar-refractivity contribution is 5.17. The third-order valence-corrected chi connectivity index (χ3v) is 5.90. The molecule has 1 unspecified atom stereocenters. The smallest absolute Gasteiger partial charge is 0.127 e. The predicted molar refractivity (Wildman–Crippen MR) is 96.4 cm³/mol. The molecule has 1 aromatic heterocycles. The Hall–Kier alpha value is -1.72. The number of aryl methyl sites for hydroxylation is 1. The Labute approximate surface area is 149 Å². The standard InChI is InChI=1S/C20H27FN4/c1-23-12-9-22-19(23)14-25-11-8-20(16-25)7-4-10-24(15-20)13-17-5-2-3-6-18(17)21/h2-3,5-6,9,12H,4,7-8,10-11,13-16H2,1H3. The van der Waals surface area contributed by atoms with E-state index >= 15 is 0 Å². The van der Waals surface area contributed by atoms with E-state index in [2.05, 4.69) is 26.4 Å². The zero-order valence-electron chi connectivity index (χ0n) is 15.0. The maximum Gasteiger partial charge on any atom is 0.127 e. The summed E-state index contributed by atoms with van der Waals surface area (Å²) in [6.07, 6.45) is 7.63. The number of imidazole rings is 1. The summed E-state index contributed by atoms with van der Waals surface area (Å²) in [4.78, 5) is 9.45. The van der Waals surface area contributed by atoms with Crippen LogP contribution in [0.4, 0.5) is 4.39 Å². The second-order valence-corrected chi connectivity index (χ2v) is 7.82. The van der Waals surface area contributed by atoms with Crippen LogP contribution in [0.15, 0.2) is 36.7 Å². The van der Waals surface area contributed by atoms with Crippen LogP contribution in [0, 0.1) is 11.2 Å². The van der Waals surface area contributed by atoms with Crippen LogP contribution in [0.25, 0.3) is 0 Å². The fourth-order valence-electron chi connectivity index (χ4n) is 4.56. The molecular weight excluding hydrogens is 315 g/mol. The van der Waals surface area contributed by atoms with Crippen LogP contribution < -0.4 is 0 Å². The van der Waals surface area contributed by atoms with Gasteiger partial charge in [0.15, 0.2) is 0 Å². The van der Waals surface area contributed by atoms with Crippen LogP contribution >= 0.6 is 0 Å². The second kappa shape index (κ2) is 6.89. The van der Waals surface area contributed by atoms with Crippen molar-refractivity contribution in [1.29, 1.82) is 0 Å². The van der Waals surface area contributed by atoms with Gasteiger partial charge in [-0.2, -0.15) is 0 Å². The average Bonchev–Trinajstić information content (AvgIpc) is 3.17. The number of likely N-dealkylation sites (tertiary alicyclic amines) is 2. The Morgan fingerprint density at radius 3 is 2.64 bits per heavy atom. The monoisotopic (exact) mass is 342 g/mol. The van der Waals surface area contributed by atoms with Crippen molar-refractivity contribution in [2.75, 3.05) is 26.2 Å². The molecule has 2 saturated heterocycles. The highest BCUT2D eigenvalue weighted by Gasteiger charge is 2.41. The molecule has 0 bridgehead atoms. The molecule has 2 aliphatic heterocycles. The molecule has 4 rings (SSSR count). The second-order valence-electron chi connectivity index (χ2n) is 7.82. The molecular formula is C20H27FN4. The van der Waals surface area contributed by atoms with Crippen molar-refractivity contribution in [3.05, 3.63) is 53.9 Å². The first-order valence-corrected chi connectivity index (χ1v) is 9.28. The molecule has 1 atom stereocenters. The minimum atomic E-state index is -0.0787. The number of aromatic nitrogens is 2. The molecule has 5 heteroatoms. The predicted octanol–water partition coefficient (Wildman–Crippen LogP) is 3.05. The third-order valence-electron chi connectivity index (χ3n) is 5.90. The van der Waals surface area contributed by atoms with Crippen molar-refractivity contribution < 1.29 is 4.39 Å². The van der Waals surface area contributed by atoms with E-state index in [1.807, 2.05) is 24.5 Å². The molecule has 25 heavy (non-hydrogen) atoms. The van der Waals surface area contributed by atoms with Crippen molar-refractivity contribution in [3.8, 4) is 0 Å². The lowest BCUT2D eigenvalue weighted by molar-refractivity contribution is 0.0854. The van der Waals surface area contributed by atoms with Crippen LogP contribution in [-0.2, 0) is 20.1 Å². The molecule has 134 valence electrons. The quantitative estimate of drug-likeness (QED) is 0.853. The highest BCUT2D eigenvalue weighted by atomic mass is 19.1. The van der Waals surface area contributed by atoms with Gasteiger partial charge in [-0.3, -0.25) is 9.80 Å². The first-order chi connectivity index (χ1) is 12.1. The van der Waals surface area contributed by atoms with E-state index in [1.54, 1.807) is 12.1 Å². The first kappa shape index (κ1) is 16.7. The zero-order chi connectivity index (χ0) is 17.3. The number of benzene rings is 1. The van der Waals surface area contributed by atoms with Gasteiger partial charge in [-0.25, -0.2) is 9.37 Å². The van der Waals surface area contributed by atoms with Crippen molar-refractivity contribution in [2.45, 2.75) is 32.4 Å². The van der Waals surface area contributed by atoms with Gasteiger partial charge in [0, 0.05) is 44.6 Å². The van der Waals surface area contributed by atoms with Crippen LogP contribution in [0.5, 0.6) is 0 Å². The Kier molecular flexibility index (Phi) is 4.61. The largest absolute Gasteiger partial charge is 0.337 e. The van der Waals surface area contributed by atoms with Crippen LogP contribution in [0.2, 0.25) is 0 Å². The van der Waals surface area contributed by atoms with E-state index in [0.717, 1.165) is 50.7 Å².